The van der Waals surface area contributed by atoms with E-state index in [2.05, 4.69) is 0 Å². The van der Waals surface area contributed by atoms with Crippen LogP contribution < -0.4 is 0 Å². The summed E-state index contributed by atoms with van der Waals surface area (Å²) in [5.74, 6) is -2.82. The van der Waals surface area contributed by atoms with Gasteiger partial charge in [0, 0.05) is 19.5 Å². The Bertz CT molecular complexity index is 90.0. The van der Waals surface area contributed by atoms with Gasteiger partial charge in [0.15, 0.2) is 0 Å². The van der Waals surface area contributed by atoms with Crippen molar-refractivity contribution in [2.75, 3.05) is 12.5 Å². The van der Waals surface area contributed by atoms with Crippen LogP contribution >= 0.6 is 28.5 Å². The van der Waals surface area contributed by atoms with E-state index in [4.69, 9.17) is 4.89 Å². The first kappa shape index (κ1) is 12.2. The van der Waals surface area contributed by atoms with E-state index >= 15 is 0 Å². The van der Waals surface area contributed by atoms with Crippen LogP contribution in [0.5, 0.6) is 0 Å². The van der Waals surface area contributed by atoms with Gasteiger partial charge in [0.25, 0.3) is 0 Å². The van der Waals surface area contributed by atoms with E-state index in [1.165, 1.54) is 0 Å². The summed E-state index contributed by atoms with van der Waals surface area (Å²) >= 11 is 2.00. The van der Waals surface area contributed by atoms with Crippen LogP contribution in [0.3, 0.4) is 0 Å². The van der Waals surface area contributed by atoms with E-state index in [1.807, 2.05) is 0 Å². The topological polar surface area (TPSA) is 37.3 Å². The Kier molecular flexibility index (Phi) is 8.11. The molecular weight excluding hydrogens is 217 g/mol. The zero-order chi connectivity index (χ0) is 5.91. The summed E-state index contributed by atoms with van der Waals surface area (Å²) in [5, 5.41) is 0. The summed E-state index contributed by atoms with van der Waals surface area (Å²) in [5.41, 5.74) is 0. The van der Waals surface area contributed by atoms with E-state index in [0.29, 0.717) is 0 Å². The largest absolute Gasteiger partial charge is 0.329 e. The second-order valence-electron chi connectivity index (χ2n) is 0.834. The predicted octanol–water partition coefficient (Wildman–Crippen LogP) is 1.81. The van der Waals surface area contributed by atoms with Crippen molar-refractivity contribution in [1.29, 1.82) is 0 Å². The molecule has 0 saturated carbocycles. The molecule has 0 aromatic rings. The second-order valence-corrected chi connectivity index (χ2v) is 8.36. The van der Waals surface area contributed by atoms with E-state index in [0.717, 1.165) is 22.8 Å². The van der Waals surface area contributed by atoms with Crippen molar-refractivity contribution in [2.45, 2.75) is 0 Å². The van der Waals surface area contributed by atoms with E-state index in [9.17, 15) is 4.57 Å². The summed E-state index contributed by atoms with van der Waals surface area (Å²) in [6, 6.07) is 0. The average molecular weight is 224 g/mol. The van der Waals surface area contributed by atoms with Gasteiger partial charge in [-0.25, -0.2) is 0 Å². The van der Waals surface area contributed by atoms with E-state index in [1.54, 1.807) is 12.5 Å². The Morgan fingerprint density at radius 2 is 1.62 bits per heavy atom. The smallest absolute Gasteiger partial charge is 0.310 e. The summed E-state index contributed by atoms with van der Waals surface area (Å²) < 4.78 is 10.4. The van der Waals surface area contributed by atoms with Gasteiger partial charge in [-0.15, -0.1) is 0 Å². The first-order chi connectivity index (χ1) is 3.12. The summed E-state index contributed by atoms with van der Waals surface area (Å²) in [6.07, 6.45) is 3.24. The zero-order valence-electron chi connectivity index (χ0n) is 4.83. The molecule has 0 rings (SSSR count). The van der Waals surface area contributed by atoms with Gasteiger partial charge in [0.1, 0.15) is 0 Å². The molecule has 0 aromatic carbocycles. The molecule has 0 saturated heterocycles. The molecule has 0 spiro atoms. The predicted molar refractivity (Wildman–Crippen MR) is 36.9 cm³/mol. The number of hydrogen-bond acceptors (Lipinski definition) is 3. The fourth-order valence-electron chi connectivity index (χ4n) is 0.0745. The Labute approximate surface area is 69.9 Å². The van der Waals surface area contributed by atoms with Gasteiger partial charge in [0.05, 0.1) is 0 Å². The second kappa shape index (κ2) is 5.31. The molecule has 6 heteroatoms. The maximum Gasteiger partial charge on any atom is 0.310 e. The third kappa shape index (κ3) is 5.65. The normalized spacial score (nSPS) is 10.4. The molecule has 0 amide bonds. The molecule has 0 atom stereocenters. The average Bonchev–Trinajstić information content (AvgIpc) is 1.68. The Morgan fingerprint density at radius 3 is 1.62 bits per heavy atom. The number of rotatable bonds is 2. The summed E-state index contributed by atoms with van der Waals surface area (Å²) in [7, 11) is 0. The molecule has 0 fully saturated rings. The van der Waals surface area contributed by atoms with Gasteiger partial charge in [-0.3, -0.25) is 4.57 Å². The third-order valence-corrected chi connectivity index (χ3v) is 6.84. The third-order valence-electron chi connectivity index (χ3n) is 0.461. The van der Waals surface area contributed by atoms with Crippen molar-refractivity contribution in [3.8, 4) is 0 Å². The Morgan fingerprint density at radius 1 is 1.38 bits per heavy atom. The van der Waals surface area contributed by atoms with Gasteiger partial charge in [-0.2, -0.15) is 0 Å². The zero-order valence-corrected chi connectivity index (χ0v) is 10.3. The van der Waals surface area contributed by atoms with E-state index < -0.39 is 5.77 Å². The minimum atomic E-state index is -2.82. The van der Waals surface area contributed by atoms with Crippen LogP contribution in [-0.4, -0.2) is 17.4 Å². The molecule has 0 unspecified atom stereocenters. The minimum absolute atomic E-state index is 0. The first-order valence-electron chi connectivity index (χ1n) is 1.56. The monoisotopic (exact) mass is 222 g/mol. The molecule has 2 nitrogen and oxygen atoms in total. The quantitative estimate of drug-likeness (QED) is 0.572. The van der Waals surface area contributed by atoms with Crippen LogP contribution in [0.2, 0.25) is 0 Å². The fourth-order valence-corrected chi connectivity index (χ4v) is 2.01. The standard InChI is InChI=1S/C2H7O2PS2.Zn/c1-6-5(3,4)7-2;/h1-2H3,(H,3,4);. The maximum atomic E-state index is 10.4. The molecule has 8 heavy (non-hydrogen) atoms. The maximum absolute atomic E-state index is 10.4. The van der Waals surface area contributed by atoms with Gasteiger partial charge in [-0.05, 0) is 12.5 Å². The molecule has 0 heterocycles. The van der Waals surface area contributed by atoms with Gasteiger partial charge in [-0.1, -0.05) is 22.8 Å². The van der Waals surface area contributed by atoms with Crippen LogP contribution in [0.15, 0.2) is 0 Å². The van der Waals surface area contributed by atoms with Gasteiger partial charge >= 0.3 is 5.77 Å². The van der Waals surface area contributed by atoms with Crippen LogP contribution in [0.4, 0.5) is 0 Å². The minimum Gasteiger partial charge on any atom is -0.329 e. The Hall–Kier alpha value is 1.51. The van der Waals surface area contributed by atoms with Crippen LogP contribution in [0, 0.1) is 0 Å². The van der Waals surface area contributed by atoms with Crippen LogP contribution in [0.1, 0.15) is 0 Å². The summed E-state index contributed by atoms with van der Waals surface area (Å²) in [4.78, 5) is 8.61. The molecule has 0 aliphatic heterocycles. The molecular formula is C2H7O2PS2Zn. The van der Waals surface area contributed by atoms with Crippen molar-refractivity contribution in [2.24, 2.45) is 0 Å². The van der Waals surface area contributed by atoms with E-state index in [-0.39, 0.29) is 19.5 Å². The first-order valence-corrected chi connectivity index (χ1v) is 6.88. The molecule has 1 N–H and O–H groups in total. The van der Waals surface area contributed by atoms with Crippen molar-refractivity contribution in [3.63, 3.8) is 0 Å². The van der Waals surface area contributed by atoms with Crippen LogP contribution in [0.25, 0.3) is 0 Å². The number of hydrogen-bond donors (Lipinski definition) is 1. The summed E-state index contributed by atoms with van der Waals surface area (Å²) in [6.45, 7) is 0. The molecule has 0 radical (unpaired) electrons. The molecule has 0 aliphatic rings. The SMILES string of the molecule is CSP(=O)(O)SC.[Zn]. The van der Waals surface area contributed by atoms with Gasteiger partial charge in [0.2, 0.25) is 0 Å². The molecule has 0 aliphatic carbocycles. The van der Waals surface area contributed by atoms with Gasteiger partial charge < -0.3 is 4.89 Å². The molecule has 0 bridgehead atoms. The van der Waals surface area contributed by atoms with Crippen molar-refractivity contribution >= 4 is 28.5 Å². The van der Waals surface area contributed by atoms with Crippen molar-refractivity contribution in [3.05, 3.63) is 0 Å². The van der Waals surface area contributed by atoms with Crippen molar-refractivity contribution in [1.82, 2.24) is 0 Å². The van der Waals surface area contributed by atoms with Crippen molar-refractivity contribution < 1.29 is 28.9 Å². The molecule has 0 aromatic heterocycles. The Balaban J connectivity index is 0. The fraction of sp³-hybridized carbons (Fsp3) is 1.00. The molecule has 46 valence electrons. The van der Waals surface area contributed by atoms with Crippen LogP contribution in [-0.2, 0) is 24.0 Å².